The van der Waals surface area contributed by atoms with Crippen molar-refractivity contribution in [3.63, 3.8) is 0 Å². The number of nitrogens with one attached hydrogen (secondary N) is 1. The normalized spacial score (nSPS) is 20.1. The highest BCUT2D eigenvalue weighted by Gasteiger charge is 2.31. The van der Waals surface area contributed by atoms with E-state index < -0.39 is 5.60 Å². The van der Waals surface area contributed by atoms with Crippen LogP contribution in [0.2, 0.25) is 5.02 Å². The summed E-state index contributed by atoms with van der Waals surface area (Å²) in [5.41, 5.74) is 1.14. The SMILES string of the molecule is CN1C(=O)N(c2ccc(Cl)cc2)Sc2ccc(OCC3CCC(CNC(=O)OC(C)(C)C)CC3)cc21. The van der Waals surface area contributed by atoms with Crippen LogP contribution < -0.4 is 19.3 Å². The van der Waals surface area contributed by atoms with Gasteiger partial charge in [0.1, 0.15) is 11.4 Å². The quantitative estimate of drug-likeness (QED) is 0.401. The van der Waals surface area contributed by atoms with E-state index in [1.807, 2.05) is 51.1 Å². The highest BCUT2D eigenvalue weighted by molar-refractivity contribution is 8.01. The van der Waals surface area contributed by atoms with Gasteiger partial charge >= 0.3 is 12.1 Å². The van der Waals surface area contributed by atoms with E-state index >= 15 is 0 Å². The number of amides is 3. The van der Waals surface area contributed by atoms with Gasteiger partial charge in [-0.05, 0) is 107 Å². The summed E-state index contributed by atoms with van der Waals surface area (Å²) >= 11 is 7.39. The van der Waals surface area contributed by atoms with Crippen LogP contribution in [-0.4, -0.2) is 37.9 Å². The molecule has 1 heterocycles. The van der Waals surface area contributed by atoms with Crippen LogP contribution in [0.1, 0.15) is 46.5 Å². The van der Waals surface area contributed by atoms with Gasteiger partial charge in [-0.25, -0.2) is 13.9 Å². The molecule has 2 aromatic rings. The Morgan fingerprint density at radius 2 is 1.75 bits per heavy atom. The van der Waals surface area contributed by atoms with E-state index in [0.717, 1.165) is 47.7 Å². The van der Waals surface area contributed by atoms with Crippen molar-refractivity contribution in [1.29, 1.82) is 0 Å². The van der Waals surface area contributed by atoms with Gasteiger partial charge < -0.3 is 14.8 Å². The smallest absolute Gasteiger partial charge is 0.407 e. The van der Waals surface area contributed by atoms with Gasteiger partial charge in [0.25, 0.3) is 0 Å². The number of benzene rings is 2. The zero-order valence-corrected chi connectivity index (χ0v) is 22.8. The van der Waals surface area contributed by atoms with Crippen LogP contribution in [0.25, 0.3) is 0 Å². The Balaban J connectivity index is 1.27. The predicted molar refractivity (Wildman–Crippen MR) is 145 cm³/mol. The van der Waals surface area contributed by atoms with Crippen molar-refractivity contribution in [1.82, 2.24) is 5.32 Å². The molecule has 0 radical (unpaired) electrons. The van der Waals surface area contributed by atoms with Crippen molar-refractivity contribution in [3.8, 4) is 5.75 Å². The van der Waals surface area contributed by atoms with E-state index in [-0.39, 0.29) is 12.1 Å². The summed E-state index contributed by atoms with van der Waals surface area (Å²) in [7, 11) is 1.78. The van der Waals surface area contributed by atoms with Crippen molar-refractivity contribution >= 4 is 47.0 Å². The van der Waals surface area contributed by atoms with Gasteiger partial charge in [0, 0.05) is 24.7 Å². The van der Waals surface area contributed by atoms with Crippen molar-refractivity contribution < 1.29 is 19.1 Å². The first-order valence-electron chi connectivity index (χ1n) is 12.3. The topological polar surface area (TPSA) is 71.1 Å². The molecule has 194 valence electrons. The van der Waals surface area contributed by atoms with Crippen LogP contribution >= 0.6 is 23.5 Å². The Morgan fingerprint density at radius 3 is 2.42 bits per heavy atom. The molecule has 2 aromatic carbocycles. The Labute approximate surface area is 222 Å². The van der Waals surface area contributed by atoms with Crippen LogP contribution in [0.15, 0.2) is 47.4 Å². The molecule has 1 fully saturated rings. The van der Waals surface area contributed by atoms with Crippen molar-refractivity contribution in [3.05, 3.63) is 47.5 Å². The maximum atomic E-state index is 13.0. The Hall–Kier alpha value is -2.58. The molecule has 1 N–H and O–H groups in total. The predicted octanol–water partition coefficient (Wildman–Crippen LogP) is 7.13. The van der Waals surface area contributed by atoms with E-state index in [1.165, 1.54) is 11.9 Å². The highest BCUT2D eigenvalue weighted by Crippen LogP contribution is 2.42. The number of nitrogens with zero attached hydrogens (tertiary/aromatic N) is 2. The molecule has 0 saturated heterocycles. The fourth-order valence-electron chi connectivity index (χ4n) is 4.40. The standard InChI is InChI=1S/C27H34ClN3O4S/c1-27(2,3)35-25(32)29-16-18-5-7-19(8-6-18)17-34-22-13-14-24-23(15-22)30(4)26(33)31(36-24)21-11-9-20(28)10-12-21/h9-15,18-19H,5-8,16-17H2,1-4H3,(H,29,32). The number of carbonyl (C=O) groups excluding carboxylic acids is 2. The number of hydrogen-bond acceptors (Lipinski definition) is 5. The molecule has 4 rings (SSSR count). The summed E-state index contributed by atoms with van der Waals surface area (Å²) in [5.74, 6) is 1.72. The molecular weight excluding hydrogens is 498 g/mol. The van der Waals surface area contributed by atoms with Gasteiger partial charge in [-0.3, -0.25) is 4.90 Å². The molecule has 7 nitrogen and oxygen atoms in total. The molecule has 0 atom stereocenters. The maximum Gasteiger partial charge on any atom is 0.407 e. The van der Waals surface area contributed by atoms with Crippen LogP contribution in [0.5, 0.6) is 5.75 Å². The highest BCUT2D eigenvalue weighted by atomic mass is 35.5. The lowest BCUT2D eigenvalue weighted by Crippen LogP contribution is -2.40. The number of fused-ring (bicyclic) bond motifs is 1. The summed E-state index contributed by atoms with van der Waals surface area (Å²) < 4.78 is 13.1. The summed E-state index contributed by atoms with van der Waals surface area (Å²) in [5, 5.41) is 3.53. The van der Waals surface area contributed by atoms with Crippen LogP contribution in [-0.2, 0) is 4.74 Å². The third-order valence-electron chi connectivity index (χ3n) is 6.39. The van der Waals surface area contributed by atoms with Crippen LogP contribution in [0.3, 0.4) is 0 Å². The minimum absolute atomic E-state index is 0.120. The average Bonchev–Trinajstić information content (AvgIpc) is 2.84. The first-order valence-corrected chi connectivity index (χ1v) is 13.5. The molecule has 0 unspecified atom stereocenters. The number of alkyl carbamates (subject to hydrolysis) is 1. The van der Waals surface area contributed by atoms with E-state index in [1.54, 1.807) is 28.4 Å². The molecular formula is C27H34ClN3O4S. The Morgan fingerprint density at radius 1 is 1.08 bits per heavy atom. The molecule has 36 heavy (non-hydrogen) atoms. The van der Waals surface area contributed by atoms with E-state index in [4.69, 9.17) is 21.1 Å². The number of urea groups is 1. The molecule has 0 bridgehead atoms. The maximum absolute atomic E-state index is 13.0. The molecule has 9 heteroatoms. The fraction of sp³-hybridized carbons (Fsp3) is 0.481. The lowest BCUT2D eigenvalue weighted by Gasteiger charge is -2.34. The lowest BCUT2D eigenvalue weighted by molar-refractivity contribution is 0.0511. The molecule has 0 spiro atoms. The molecule has 1 aliphatic heterocycles. The lowest BCUT2D eigenvalue weighted by atomic mass is 9.82. The largest absolute Gasteiger partial charge is 0.493 e. The summed E-state index contributed by atoms with van der Waals surface area (Å²) in [6, 6.07) is 13.0. The first kappa shape index (κ1) is 26.5. The van der Waals surface area contributed by atoms with Crippen molar-refractivity contribution in [2.75, 3.05) is 29.4 Å². The number of hydrogen-bond donors (Lipinski definition) is 1. The monoisotopic (exact) mass is 531 g/mol. The third-order valence-corrected chi connectivity index (χ3v) is 7.73. The third kappa shape index (κ3) is 6.79. The molecule has 1 saturated carbocycles. The second kappa shape index (κ2) is 11.2. The van der Waals surface area contributed by atoms with Gasteiger partial charge in [0.2, 0.25) is 0 Å². The van der Waals surface area contributed by atoms with Gasteiger partial charge in [-0.15, -0.1) is 0 Å². The van der Waals surface area contributed by atoms with Crippen LogP contribution in [0, 0.1) is 11.8 Å². The van der Waals surface area contributed by atoms with Crippen molar-refractivity contribution in [2.24, 2.45) is 11.8 Å². The summed E-state index contributed by atoms with van der Waals surface area (Å²) in [6.45, 7) is 6.90. The van der Waals surface area contributed by atoms with Gasteiger partial charge in [-0.1, -0.05) is 11.6 Å². The minimum Gasteiger partial charge on any atom is -0.493 e. The summed E-state index contributed by atoms with van der Waals surface area (Å²) in [6.07, 6.45) is 3.90. The minimum atomic E-state index is -0.480. The van der Waals surface area contributed by atoms with E-state index in [0.29, 0.717) is 30.0 Å². The molecule has 3 amide bonds. The van der Waals surface area contributed by atoms with Gasteiger partial charge in [0.15, 0.2) is 0 Å². The molecule has 1 aliphatic carbocycles. The van der Waals surface area contributed by atoms with Crippen molar-refractivity contribution in [2.45, 2.75) is 57.0 Å². The van der Waals surface area contributed by atoms with Gasteiger partial charge in [0.05, 0.1) is 22.9 Å². The number of rotatable bonds is 6. The molecule has 2 aliphatic rings. The summed E-state index contributed by atoms with van der Waals surface area (Å²) in [4.78, 5) is 27.5. The second-order valence-corrected chi connectivity index (χ2v) is 11.8. The second-order valence-electron chi connectivity index (χ2n) is 10.4. The van der Waals surface area contributed by atoms with Gasteiger partial charge in [-0.2, -0.15) is 0 Å². The number of anilines is 2. The number of halogens is 1. The van der Waals surface area contributed by atoms with E-state index in [2.05, 4.69) is 5.32 Å². The number of ether oxygens (including phenoxy) is 2. The molecule has 0 aromatic heterocycles. The zero-order valence-electron chi connectivity index (χ0n) is 21.3. The average molecular weight is 532 g/mol. The number of carbonyl (C=O) groups is 2. The fourth-order valence-corrected chi connectivity index (χ4v) is 5.57. The van der Waals surface area contributed by atoms with Crippen LogP contribution in [0.4, 0.5) is 21.0 Å². The zero-order chi connectivity index (χ0) is 25.9. The Bertz CT molecular complexity index is 1080. The van der Waals surface area contributed by atoms with E-state index in [9.17, 15) is 9.59 Å². The Kier molecular flexibility index (Phi) is 8.25. The first-order chi connectivity index (χ1) is 17.1.